The van der Waals surface area contributed by atoms with Gasteiger partial charge in [0, 0.05) is 408 Å². The van der Waals surface area contributed by atoms with Crippen LogP contribution in [0.2, 0.25) is 0 Å². The number of rotatable bonds is 0. The molecule has 0 aliphatic rings. The minimum absolute atomic E-state index is 0. The third-order valence-corrected chi connectivity index (χ3v) is 0. The van der Waals surface area contributed by atoms with E-state index in [0.717, 1.165) is 0 Å². The van der Waals surface area contributed by atoms with Gasteiger partial charge in [-0.2, -0.15) is 0 Å². The molecular formula is H10AgAlAuBaCaCdCeCoCrCsCuFeHgKLaMgMnMoNaNiPbRbTaWZn. The van der Waals surface area contributed by atoms with Crippen molar-refractivity contribution in [3.8, 4) is 0 Å². The van der Waals surface area contributed by atoms with Gasteiger partial charge in [0.25, 0.3) is 0 Å². The second-order valence-electron chi connectivity index (χ2n) is 0. The molecule has 0 aromatic heterocycles. The monoisotopic (exact) mass is 2490 g/mol. The molecule has 0 aromatic rings. The van der Waals surface area contributed by atoms with Gasteiger partial charge >= 0.3 is 318 Å². The van der Waals surface area contributed by atoms with Crippen molar-refractivity contribution in [2.24, 2.45) is 0 Å². The summed E-state index contributed by atoms with van der Waals surface area (Å²) in [5.74, 6) is 0. The largest absolute Gasteiger partial charge is 2.00 e. The summed E-state index contributed by atoms with van der Waals surface area (Å²) < 4.78 is 0. The summed E-state index contributed by atoms with van der Waals surface area (Å²) in [6.07, 6.45) is 0. The molecule has 0 heterocycles. The van der Waals surface area contributed by atoms with Crippen LogP contribution in [0.3, 0.4) is 0 Å². The van der Waals surface area contributed by atoms with Crippen molar-refractivity contribution in [3.05, 3.63) is 0 Å². The predicted octanol–water partition coefficient (Wildman–Crippen LogP) is -12.8. The molecule has 0 rings (SSSR count). The molecule has 25 heteroatoms. The average molecular weight is 2490 g/mol. The Bertz CT molecular complexity index is 146. The van der Waals surface area contributed by atoms with Crippen LogP contribution in [-0.2, 0) is 286 Å². The minimum atomic E-state index is 0. The van der Waals surface area contributed by atoms with E-state index in [1.165, 1.54) is 0 Å². The van der Waals surface area contributed by atoms with E-state index in [9.17, 15) is 0 Å². The summed E-state index contributed by atoms with van der Waals surface area (Å²) in [5, 5.41) is 0. The van der Waals surface area contributed by atoms with Gasteiger partial charge in [0.2, 0.25) is 0 Å². The molecule has 25 heavy (non-hydrogen) atoms. The van der Waals surface area contributed by atoms with Crippen molar-refractivity contribution in [2.75, 3.05) is 0 Å². The zero-order chi connectivity index (χ0) is 0. The Morgan fingerprint density at radius 3 is 1.04 bits per heavy atom. The molecule has 0 aromatic carbocycles. The van der Waals surface area contributed by atoms with Gasteiger partial charge in [0.1, 0.15) is 0 Å². The van der Waals surface area contributed by atoms with E-state index in [4.69, 9.17) is 0 Å². The first-order valence-corrected chi connectivity index (χ1v) is 0. The Balaban J connectivity index is 0. The third-order valence-electron chi connectivity index (χ3n) is 0. The van der Waals surface area contributed by atoms with Crippen molar-refractivity contribution >= 4 is 154 Å². The molecule has 0 bridgehead atoms. The van der Waals surface area contributed by atoms with Crippen LogP contribution in [0.25, 0.3) is 0 Å². The van der Waals surface area contributed by atoms with Crippen LogP contribution in [0.1, 0.15) is 14.3 Å². The Morgan fingerprint density at radius 2 is 1.04 bits per heavy atom. The summed E-state index contributed by atoms with van der Waals surface area (Å²) in [5.41, 5.74) is 0. The maximum atomic E-state index is 0. The quantitative estimate of drug-likeness (QED) is 0.212. The maximum Gasteiger partial charge on any atom is 2.00 e. The van der Waals surface area contributed by atoms with Crippen LogP contribution >= 0.6 is 0 Å². The van der Waals surface area contributed by atoms with Crippen LogP contribution in [-0.4, -0.2) is 154 Å². The van der Waals surface area contributed by atoms with Gasteiger partial charge in [0.05, 0.1) is 0 Å². The van der Waals surface area contributed by atoms with E-state index in [1.807, 2.05) is 0 Å². The summed E-state index contributed by atoms with van der Waals surface area (Å²) in [6.45, 7) is 0. The van der Waals surface area contributed by atoms with E-state index in [-0.39, 0.29) is 740 Å². The summed E-state index contributed by atoms with van der Waals surface area (Å²) in [4.78, 5) is 0. The van der Waals surface area contributed by atoms with Gasteiger partial charge in [-0.15, -0.1) is 0 Å². The first-order chi connectivity index (χ1) is 0. The van der Waals surface area contributed by atoms with E-state index in [0.29, 0.717) is 0 Å². The molecule has 0 amide bonds. The average Bonchev–Trinajstić information content (AvgIpc) is 0. The fourth-order valence-electron chi connectivity index (χ4n) is 0. The van der Waals surface area contributed by atoms with Crippen LogP contribution in [0.15, 0.2) is 0 Å². The van der Waals surface area contributed by atoms with Crippen LogP contribution in [0.5, 0.6) is 0 Å². The molecule has 0 N–H and O–H groups in total. The molecule has 0 spiro atoms. The van der Waals surface area contributed by atoms with E-state index in [1.54, 1.807) is 0 Å². The Labute approximate surface area is 713 Å². The molecule has 0 saturated heterocycles. The fourth-order valence-corrected chi connectivity index (χ4v) is 0. The van der Waals surface area contributed by atoms with Gasteiger partial charge in [0.15, 0.2) is 0 Å². The molecule has 0 nitrogen and oxygen atoms in total. The van der Waals surface area contributed by atoms with E-state index in [2.05, 4.69) is 0 Å². The normalized spacial score (nSPS) is 0. The summed E-state index contributed by atoms with van der Waals surface area (Å²) in [7, 11) is 0. The van der Waals surface area contributed by atoms with Crippen molar-refractivity contribution in [1.82, 2.24) is 0 Å². The van der Waals surface area contributed by atoms with Gasteiger partial charge in [-0.25, -0.2) is 0 Å². The molecule has 0 saturated carbocycles. The zero-order valence-corrected chi connectivity index (χ0v) is 81.4. The van der Waals surface area contributed by atoms with Gasteiger partial charge < -0.3 is 14.3 Å². The molecule has 0 unspecified atom stereocenters. The van der Waals surface area contributed by atoms with Crippen molar-refractivity contribution in [3.63, 3.8) is 0 Å². The standard InChI is InChI=1S/Ag.Al.Au.Ba.Ca.Cd.Ce.Co.Cr.Cs.Cu.Fe.Hg.K.La.Mg.Mn.Mo.Na.Ni.Pb.Rb.Ta.W.Zn.10H/q;;;2*+2;;;;;+1;;;;+1;;+2;;;+1;;;+1;;;;10*-1. The van der Waals surface area contributed by atoms with Crippen LogP contribution < -0.4 is 208 Å². The first-order valence-electron chi connectivity index (χ1n) is 0. The van der Waals surface area contributed by atoms with Crippen molar-refractivity contribution in [1.29, 1.82) is 0 Å². The van der Waals surface area contributed by atoms with E-state index >= 15 is 0 Å². The van der Waals surface area contributed by atoms with Crippen LogP contribution in [0.4, 0.5) is 0 Å². The third kappa shape index (κ3) is 179. The molecular weight excluding hydrogens is 2480 g/mol. The Hall–Kier alpha value is 23.3. The molecule has 0 aliphatic heterocycles. The molecule has 0 atom stereocenters. The smallest absolute Gasteiger partial charge is 1.00 e. The Morgan fingerprint density at radius 1 is 1.04 bits per heavy atom. The van der Waals surface area contributed by atoms with Crippen molar-refractivity contribution in [2.45, 2.75) is 0 Å². The van der Waals surface area contributed by atoms with Gasteiger partial charge in [-0.05, 0) is 0 Å². The molecule has 130 valence electrons. The summed E-state index contributed by atoms with van der Waals surface area (Å²) >= 11 is 0. The number of hydrogen-bond donors (Lipinski definition) is 0. The minimum Gasteiger partial charge on any atom is -1.00 e. The molecule has 0 aliphatic carbocycles. The first kappa shape index (κ1) is 199. The van der Waals surface area contributed by atoms with Gasteiger partial charge in [-0.3, -0.25) is 0 Å². The van der Waals surface area contributed by atoms with E-state index < -0.39 is 0 Å². The summed E-state index contributed by atoms with van der Waals surface area (Å²) in [6, 6.07) is 0. The number of hydrogen-bond acceptors (Lipinski definition) is 0. The second-order valence-corrected chi connectivity index (χ2v) is 0. The molecule has 14 radical (unpaired) electrons. The predicted molar refractivity (Wildman–Crippen MR) is 39.9 cm³/mol. The Kier molecular flexibility index (Phi) is 1490. The zero-order valence-electron chi connectivity index (χ0n) is 24.4. The SMILES string of the molecule is [Ag].[Al].[Au].[Ba+2].[Ca+2].[Cd].[Ce].[Co].[Cr].[Cs+].[Cu].[Fe].[H-].[H-].[H-].[H-].[H-].[H-].[H-].[H-].[H-].[H-].[Hg].[K+].[La].[Mg+2].[Mn].[Mo].[Na+].[Ni].[Pb].[Rb+].[Ta].[W].[Zn]. The van der Waals surface area contributed by atoms with Crippen molar-refractivity contribution < 1.29 is 585 Å². The maximum absolute atomic E-state index is 0. The molecule has 0 fully saturated rings. The topological polar surface area (TPSA) is 0 Å². The van der Waals surface area contributed by atoms with Gasteiger partial charge in [-0.1, -0.05) is 0 Å². The second kappa shape index (κ2) is 187. The fraction of sp³-hybridized carbons (Fsp3) is 0. The van der Waals surface area contributed by atoms with Crippen LogP contribution in [0, 0.1) is 77.3 Å².